The van der Waals surface area contributed by atoms with Gasteiger partial charge in [0.1, 0.15) is 5.75 Å². The monoisotopic (exact) mass is 457 g/mol. The van der Waals surface area contributed by atoms with Gasteiger partial charge < -0.3 is 19.5 Å². The van der Waals surface area contributed by atoms with Crippen LogP contribution in [0, 0.1) is 0 Å². The number of aromatic nitrogens is 1. The molecule has 8 heteroatoms. The van der Waals surface area contributed by atoms with Gasteiger partial charge in [-0.2, -0.15) is 0 Å². The fourth-order valence-corrected chi connectivity index (χ4v) is 5.59. The number of fused-ring (bicyclic) bond motifs is 3. The van der Waals surface area contributed by atoms with Crippen LogP contribution in [0.4, 0.5) is 13.2 Å². The Hall–Kier alpha value is -3.00. The molecule has 5 nitrogen and oxygen atoms in total. The topological polar surface area (TPSA) is 46.5 Å². The molecule has 1 amide bonds. The lowest BCUT2D eigenvalue weighted by atomic mass is 9.97. The number of alkyl halides is 3. The van der Waals surface area contributed by atoms with Crippen molar-refractivity contribution in [3.63, 3.8) is 0 Å². The average molecular weight is 457 g/mol. The van der Waals surface area contributed by atoms with Crippen LogP contribution in [0.1, 0.15) is 36.0 Å². The first-order chi connectivity index (χ1) is 15.7. The molecule has 3 heterocycles. The molecule has 2 fully saturated rings. The van der Waals surface area contributed by atoms with Gasteiger partial charge in [0.05, 0.1) is 11.3 Å². The Labute approximate surface area is 190 Å². The number of hydrogen-bond donors (Lipinski definition) is 1. The molecule has 2 unspecified atom stereocenters. The fraction of sp³-hybridized carbons (Fsp3) is 0.400. The Balaban J connectivity index is 1.53. The van der Waals surface area contributed by atoms with E-state index in [0.717, 1.165) is 36.6 Å². The minimum Gasteiger partial charge on any atom is -0.406 e. The lowest BCUT2D eigenvalue weighted by molar-refractivity contribution is -0.274. The van der Waals surface area contributed by atoms with E-state index in [0.29, 0.717) is 28.9 Å². The number of rotatable bonds is 4. The zero-order valence-corrected chi connectivity index (χ0v) is 18.5. The van der Waals surface area contributed by atoms with Gasteiger partial charge in [-0.05, 0) is 50.9 Å². The molecule has 2 saturated heterocycles. The number of nitrogens with zero attached hydrogens (tertiary/aromatic N) is 2. The summed E-state index contributed by atoms with van der Waals surface area (Å²) in [7, 11) is 3.97. The highest BCUT2D eigenvalue weighted by Gasteiger charge is 2.39. The summed E-state index contributed by atoms with van der Waals surface area (Å²) in [4.78, 5) is 16.0. The molecule has 33 heavy (non-hydrogen) atoms. The minimum atomic E-state index is -4.79. The lowest BCUT2D eigenvalue weighted by Crippen LogP contribution is -2.48. The SMILES string of the molecule is CN1C2CCC1CC(NC(=O)c1c(-c3cccc(OC(F)(F)F)c3)n(C)c3ccccc13)C2. The van der Waals surface area contributed by atoms with Crippen molar-refractivity contribution in [1.29, 1.82) is 0 Å². The summed E-state index contributed by atoms with van der Waals surface area (Å²) in [5.74, 6) is -0.513. The van der Waals surface area contributed by atoms with E-state index in [1.807, 2.05) is 35.9 Å². The molecule has 2 aliphatic rings. The molecule has 2 bridgehead atoms. The van der Waals surface area contributed by atoms with Gasteiger partial charge in [0.2, 0.25) is 0 Å². The predicted molar refractivity (Wildman–Crippen MR) is 120 cm³/mol. The number of amides is 1. The second-order valence-corrected chi connectivity index (χ2v) is 9.07. The maximum atomic E-state index is 13.6. The van der Waals surface area contributed by atoms with Gasteiger partial charge in [-0.3, -0.25) is 4.79 Å². The van der Waals surface area contributed by atoms with Crippen molar-refractivity contribution < 1.29 is 22.7 Å². The first kappa shape index (κ1) is 21.8. The third-order valence-electron chi connectivity index (χ3n) is 7.11. The van der Waals surface area contributed by atoms with E-state index < -0.39 is 6.36 Å². The highest BCUT2D eigenvalue weighted by molar-refractivity contribution is 6.13. The van der Waals surface area contributed by atoms with Crippen LogP contribution in [0.5, 0.6) is 5.75 Å². The molecule has 2 atom stereocenters. The summed E-state index contributed by atoms with van der Waals surface area (Å²) in [6.45, 7) is 0. The molecule has 0 radical (unpaired) electrons. The van der Waals surface area contributed by atoms with Crippen molar-refractivity contribution in [3.8, 4) is 17.0 Å². The van der Waals surface area contributed by atoms with Crippen LogP contribution in [-0.4, -0.2) is 46.9 Å². The number of benzene rings is 2. The third-order valence-corrected chi connectivity index (χ3v) is 7.11. The Morgan fingerprint density at radius 1 is 1.03 bits per heavy atom. The van der Waals surface area contributed by atoms with Gasteiger partial charge in [0.25, 0.3) is 5.91 Å². The molecule has 2 aromatic carbocycles. The average Bonchev–Trinajstić information content (AvgIpc) is 3.14. The Morgan fingerprint density at radius 3 is 2.42 bits per heavy atom. The number of aryl methyl sites for hydroxylation is 1. The van der Waals surface area contributed by atoms with E-state index in [1.54, 1.807) is 6.07 Å². The van der Waals surface area contributed by atoms with E-state index in [2.05, 4.69) is 22.0 Å². The van der Waals surface area contributed by atoms with Crippen LogP contribution in [0.25, 0.3) is 22.2 Å². The van der Waals surface area contributed by atoms with Crippen LogP contribution in [0.15, 0.2) is 48.5 Å². The molecule has 5 rings (SSSR count). The normalized spacial score (nSPS) is 23.1. The molecule has 2 aliphatic heterocycles. The fourth-order valence-electron chi connectivity index (χ4n) is 5.59. The number of ether oxygens (including phenoxy) is 1. The summed E-state index contributed by atoms with van der Waals surface area (Å²) < 4.78 is 44.4. The largest absolute Gasteiger partial charge is 0.573 e. The predicted octanol–water partition coefficient (Wildman–Crippen LogP) is 5.10. The lowest BCUT2D eigenvalue weighted by Gasteiger charge is -2.36. The molecule has 1 aromatic heterocycles. The number of carbonyl (C=O) groups is 1. The number of piperidine rings is 1. The third kappa shape index (κ3) is 4.08. The number of hydrogen-bond acceptors (Lipinski definition) is 3. The summed E-state index contributed by atoms with van der Waals surface area (Å²) in [5.41, 5.74) is 2.37. The smallest absolute Gasteiger partial charge is 0.406 e. The molecule has 3 aromatic rings. The van der Waals surface area contributed by atoms with E-state index in [-0.39, 0.29) is 17.7 Å². The molecule has 1 N–H and O–H groups in total. The van der Waals surface area contributed by atoms with Gasteiger partial charge in [0, 0.05) is 41.6 Å². The van der Waals surface area contributed by atoms with E-state index in [4.69, 9.17) is 0 Å². The van der Waals surface area contributed by atoms with E-state index in [9.17, 15) is 18.0 Å². The molecular formula is C25H26F3N3O2. The van der Waals surface area contributed by atoms with Crippen LogP contribution in [0.2, 0.25) is 0 Å². The van der Waals surface area contributed by atoms with Gasteiger partial charge in [-0.15, -0.1) is 13.2 Å². The summed E-state index contributed by atoms with van der Waals surface area (Å²) >= 11 is 0. The maximum Gasteiger partial charge on any atom is 0.573 e. The van der Waals surface area contributed by atoms with Crippen molar-refractivity contribution in [3.05, 3.63) is 54.1 Å². The summed E-state index contributed by atoms with van der Waals surface area (Å²) in [6, 6.07) is 14.4. The first-order valence-corrected chi connectivity index (χ1v) is 11.2. The second kappa shape index (κ2) is 8.09. The Morgan fingerprint density at radius 2 is 1.73 bits per heavy atom. The van der Waals surface area contributed by atoms with Crippen LogP contribution >= 0.6 is 0 Å². The highest BCUT2D eigenvalue weighted by atomic mass is 19.4. The maximum absolute atomic E-state index is 13.6. The van der Waals surface area contributed by atoms with Crippen molar-refractivity contribution in [2.75, 3.05) is 7.05 Å². The van der Waals surface area contributed by atoms with Crippen molar-refractivity contribution in [2.45, 2.75) is 50.2 Å². The molecule has 174 valence electrons. The molecular weight excluding hydrogens is 431 g/mol. The van der Waals surface area contributed by atoms with Crippen LogP contribution in [-0.2, 0) is 7.05 Å². The standard InChI is InChI=1S/C25H26F3N3O2/c1-30-17-10-11-18(30)14-16(13-17)29-24(32)22-20-8-3-4-9-21(20)31(2)23(22)15-6-5-7-19(12-15)33-25(26,27)28/h3-9,12,16-18H,10-11,13-14H2,1-2H3,(H,29,32). The Kier molecular flexibility index (Phi) is 5.35. The van der Waals surface area contributed by atoms with Crippen molar-refractivity contribution >= 4 is 16.8 Å². The van der Waals surface area contributed by atoms with Crippen molar-refractivity contribution in [1.82, 2.24) is 14.8 Å². The Bertz CT molecular complexity index is 1190. The summed E-state index contributed by atoms with van der Waals surface area (Å²) in [6.07, 6.45) is -0.662. The summed E-state index contributed by atoms with van der Waals surface area (Å²) in [5, 5.41) is 4.00. The van der Waals surface area contributed by atoms with Crippen molar-refractivity contribution in [2.24, 2.45) is 7.05 Å². The highest BCUT2D eigenvalue weighted by Crippen LogP contribution is 2.37. The number of para-hydroxylation sites is 1. The van der Waals surface area contributed by atoms with Crippen LogP contribution < -0.4 is 10.1 Å². The van der Waals surface area contributed by atoms with Gasteiger partial charge in [-0.1, -0.05) is 30.3 Å². The number of halogens is 3. The molecule has 0 spiro atoms. The zero-order chi connectivity index (χ0) is 23.3. The zero-order valence-electron chi connectivity index (χ0n) is 18.5. The van der Waals surface area contributed by atoms with E-state index >= 15 is 0 Å². The molecule has 0 saturated carbocycles. The minimum absolute atomic E-state index is 0.0814. The van der Waals surface area contributed by atoms with Gasteiger partial charge in [0.15, 0.2) is 0 Å². The quantitative estimate of drug-likeness (QED) is 0.593. The van der Waals surface area contributed by atoms with Gasteiger partial charge >= 0.3 is 6.36 Å². The second-order valence-electron chi connectivity index (χ2n) is 9.07. The first-order valence-electron chi connectivity index (χ1n) is 11.2. The number of nitrogens with one attached hydrogen (secondary N) is 1. The molecule has 0 aliphatic carbocycles. The van der Waals surface area contributed by atoms with Gasteiger partial charge in [-0.25, -0.2) is 0 Å². The number of carbonyl (C=O) groups excluding carboxylic acids is 1. The van der Waals surface area contributed by atoms with E-state index in [1.165, 1.54) is 18.2 Å². The van der Waals surface area contributed by atoms with Crippen LogP contribution in [0.3, 0.4) is 0 Å².